The summed E-state index contributed by atoms with van der Waals surface area (Å²) in [6.07, 6.45) is 7.76. The first-order valence-electron chi connectivity index (χ1n) is 12.1. The van der Waals surface area contributed by atoms with Crippen molar-refractivity contribution in [1.29, 1.82) is 0 Å². The van der Waals surface area contributed by atoms with Crippen LogP contribution in [0.2, 0.25) is 0 Å². The number of hydrogen-bond acceptors (Lipinski definition) is 4. The van der Waals surface area contributed by atoms with Gasteiger partial charge in [0.15, 0.2) is 24.8 Å². The van der Waals surface area contributed by atoms with Gasteiger partial charge in [-0.3, -0.25) is 9.59 Å². The maximum atomic E-state index is 12.8. The topological polar surface area (TPSA) is 66.8 Å². The quantitative estimate of drug-likeness (QED) is 0.619. The Hall–Kier alpha value is -2.84. The fraction of sp³-hybridized carbons (Fsp3) is 0.538. The second kappa shape index (κ2) is 10.6. The van der Waals surface area contributed by atoms with Crippen molar-refractivity contribution in [2.45, 2.75) is 65.0 Å². The molecule has 0 N–H and O–H groups in total. The number of amides is 2. The summed E-state index contributed by atoms with van der Waals surface area (Å²) in [5.74, 6) is 0.214. The molecule has 182 valence electrons. The van der Waals surface area contributed by atoms with Crippen molar-refractivity contribution < 1.29 is 28.2 Å². The summed E-state index contributed by atoms with van der Waals surface area (Å²) in [7, 11) is 0. The Morgan fingerprint density at radius 2 is 0.971 bits per heavy atom. The summed E-state index contributed by atoms with van der Waals surface area (Å²) in [4.78, 5) is 29.5. The molecule has 4 rings (SSSR count). The van der Waals surface area contributed by atoms with Crippen LogP contribution >= 0.6 is 0 Å². The van der Waals surface area contributed by atoms with Gasteiger partial charge in [0.1, 0.15) is 0 Å². The third-order valence-corrected chi connectivity index (χ3v) is 6.66. The molecule has 2 saturated heterocycles. The highest BCUT2D eigenvalue weighted by Gasteiger charge is 2.32. The molecule has 2 aromatic heterocycles. The van der Waals surface area contributed by atoms with E-state index in [1.54, 1.807) is 0 Å². The molecule has 0 spiro atoms. The molecule has 34 heavy (non-hydrogen) atoms. The van der Waals surface area contributed by atoms with Crippen molar-refractivity contribution in [3.8, 4) is 11.1 Å². The molecule has 2 aliphatic rings. The Morgan fingerprint density at radius 1 is 0.676 bits per heavy atom. The number of pyridine rings is 2. The molecule has 0 aromatic carbocycles. The van der Waals surface area contributed by atoms with Crippen molar-refractivity contribution >= 4 is 11.8 Å². The fourth-order valence-electron chi connectivity index (χ4n) is 4.98. The van der Waals surface area contributed by atoms with Crippen LogP contribution in [0.25, 0.3) is 11.1 Å². The van der Waals surface area contributed by atoms with E-state index < -0.39 is 0 Å². The van der Waals surface area contributed by atoms with Gasteiger partial charge >= 0.3 is 0 Å². The predicted octanol–water partition coefficient (Wildman–Crippen LogP) is 1.20. The maximum absolute atomic E-state index is 12.8. The molecule has 4 heterocycles. The van der Waals surface area contributed by atoms with E-state index in [0.717, 1.165) is 11.1 Å². The number of carbonyl (C=O) groups excluding carboxylic acids is 2. The van der Waals surface area contributed by atoms with Gasteiger partial charge in [0.25, 0.3) is 11.8 Å². The molecule has 2 amide bonds. The van der Waals surface area contributed by atoms with E-state index in [9.17, 15) is 9.59 Å². The molecule has 8 heteroatoms. The van der Waals surface area contributed by atoms with E-state index in [1.807, 2.05) is 95.7 Å². The summed E-state index contributed by atoms with van der Waals surface area (Å²) in [5, 5.41) is 0. The van der Waals surface area contributed by atoms with E-state index in [1.165, 1.54) is 0 Å². The zero-order valence-corrected chi connectivity index (χ0v) is 20.6. The van der Waals surface area contributed by atoms with Gasteiger partial charge in [0.05, 0.1) is 50.6 Å². The van der Waals surface area contributed by atoms with E-state index in [-0.39, 0.29) is 36.0 Å². The Labute approximate surface area is 201 Å². The van der Waals surface area contributed by atoms with Crippen LogP contribution in [-0.2, 0) is 32.2 Å². The standard InChI is InChI=1S/C26H36N4O4/c1-19-15-33-16-20(2)29(19)25(31)13-27-9-5-23(6-10-27)24-7-11-28(12-8-24)14-26(32)30-21(3)17-34-18-22(30)4/h5-12,19-22H,13-18H2,1-4H3/q+2/t19-,20-,21-,22+/m1/s1. The van der Waals surface area contributed by atoms with Crippen LogP contribution in [0, 0.1) is 0 Å². The normalized spacial score (nSPS) is 25.3. The maximum Gasteiger partial charge on any atom is 0.289 e. The molecular formula is C26H36N4O4+2. The van der Waals surface area contributed by atoms with Gasteiger partial charge in [-0.25, -0.2) is 0 Å². The summed E-state index contributed by atoms with van der Waals surface area (Å²) in [6, 6.07) is 8.43. The van der Waals surface area contributed by atoms with Crippen molar-refractivity contribution in [3.63, 3.8) is 0 Å². The largest absolute Gasteiger partial charge is 0.377 e. The number of hydrogen-bond donors (Lipinski definition) is 0. The SMILES string of the molecule is C[C@@H]1COC[C@@H](C)N1C(=O)C[n+]1ccc(-c2cc[n+](CC(=O)N3[C@H](C)COC[C@@H]3C)cc2)cc1. The zero-order chi connectivity index (χ0) is 24.2. The highest BCUT2D eigenvalue weighted by molar-refractivity contribution is 5.76. The highest BCUT2D eigenvalue weighted by atomic mass is 16.5. The molecule has 0 saturated carbocycles. The van der Waals surface area contributed by atoms with Crippen LogP contribution < -0.4 is 9.13 Å². The van der Waals surface area contributed by atoms with Crippen LogP contribution in [0.3, 0.4) is 0 Å². The lowest BCUT2D eigenvalue weighted by Crippen LogP contribution is -2.56. The van der Waals surface area contributed by atoms with Crippen molar-refractivity contribution in [3.05, 3.63) is 49.1 Å². The third-order valence-electron chi connectivity index (χ3n) is 6.66. The number of aromatic nitrogens is 2. The molecular weight excluding hydrogens is 432 g/mol. The predicted molar refractivity (Wildman–Crippen MR) is 125 cm³/mol. The third kappa shape index (κ3) is 5.45. The zero-order valence-electron chi connectivity index (χ0n) is 20.6. The number of rotatable bonds is 5. The van der Waals surface area contributed by atoms with Gasteiger partial charge in [0, 0.05) is 24.3 Å². The average Bonchev–Trinajstić information content (AvgIpc) is 2.80. The van der Waals surface area contributed by atoms with Gasteiger partial charge in [-0.15, -0.1) is 0 Å². The minimum absolute atomic E-state index is 0.0914. The smallest absolute Gasteiger partial charge is 0.289 e. The van der Waals surface area contributed by atoms with Crippen LogP contribution in [-0.4, -0.2) is 72.2 Å². The first-order valence-corrected chi connectivity index (χ1v) is 12.1. The van der Waals surface area contributed by atoms with E-state index in [0.29, 0.717) is 39.5 Å². The number of ether oxygens (including phenoxy) is 2. The molecule has 0 unspecified atom stereocenters. The first kappa shape index (κ1) is 24.3. The number of morpholine rings is 2. The second-order valence-electron chi connectivity index (χ2n) is 9.59. The Balaban J connectivity index is 1.36. The van der Waals surface area contributed by atoms with Crippen LogP contribution in [0.1, 0.15) is 27.7 Å². The van der Waals surface area contributed by atoms with E-state index in [4.69, 9.17) is 9.47 Å². The molecule has 8 nitrogen and oxygen atoms in total. The highest BCUT2D eigenvalue weighted by Crippen LogP contribution is 2.17. The second-order valence-corrected chi connectivity index (χ2v) is 9.59. The molecule has 0 aliphatic carbocycles. The fourth-order valence-corrected chi connectivity index (χ4v) is 4.98. The van der Waals surface area contributed by atoms with E-state index >= 15 is 0 Å². The molecule has 0 bridgehead atoms. The van der Waals surface area contributed by atoms with Gasteiger partial charge < -0.3 is 19.3 Å². The Kier molecular flexibility index (Phi) is 7.58. The number of carbonyl (C=O) groups is 2. The lowest BCUT2D eigenvalue weighted by Gasteiger charge is -2.38. The number of nitrogens with zero attached hydrogens (tertiary/aromatic N) is 4. The van der Waals surface area contributed by atoms with Crippen molar-refractivity contribution in [2.24, 2.45) is 0 Å². The lowest BCUT2D eigenvalue weighted by atomic mass is 10.1. The molecule has 2 fully saturated rings. The minimum Gasteiger partial charge on any atom is -0.377 e. The van der Waals surface area contributed by atoms with Gasteiger partial charge in [0.2, 0.25) is 13.1 Å². The summed E-state index contributed by atoms with van der Waals surface area (Å²) in [6.45, 7) is 11.1. The molecule has 2 aliphatic heterocycles. The van der Waals surface area contributed by atoms with Crippen LogP contribution in [0.4, 0.5) is 0 Å². The monoisotopic (exact) mass is 468 g/mol. The Morgan fingerprint density at radius 3 is 1.26 bits per heavy atom. The molecule has 2 aromatic rings. The van der Waals surface area contributed by atoms with E-state index in [2.05, 4.69) is 0 Å². The van der Waals surface area contributed by atoms with Gasteiger partial charge in [-0.1, -0.05) is 0 Å². The van der Waals surface area contributed by atoms with Crippen molar-refractivity contribution in [2.75, 3.05) is 26.4 Å². The van der Waals surface area contributed by atoms with Gasteiger partial charge in [-0.2, -0.15) is 9.13 Å². The van der Waals surface area contributed by atoms with Crippen LogP contribution in [0.15, 0.2) is 49.1 Å². The summed E-state index contributed by atoms with van der Waals surface area (Å²) >= 11 is 0. The minimum atomic E-state index is 0.0914. The van der Waals surface area contributed by atoms with Gasteiger partial charge in [-0.05, 0) is 38.8 Å². The Bertz CT molecular complexity index is 893. The summed E-state index contributed by atoms with van der Waals surface area (Å²) in [5.41, 5.74) is 2.12. The first-order chi connectivity index (χ1) is 16.3. The molecule has 0 radical (unpaired) electrons. The molecule has 4 atom stereocenters. The van der Waals surface area contributed by atoms with Crippen molar-refractivity contribution in [1.82, 2.24) is 9.80 Å². The summed E-state index contributed by atoms with van der Waals surface area (Å²) < 4.78 is 14.9. The van der Waals surface area contributed by atoms with Crippen LogP contribution in [0.5, 0.6) is 0 Å². The average molecular weight is 469 g/mol. The lowest BCUT2D eigenvalue weighted by molar-refractivity contribution is -0.685.